The van der Waals surface area contributed by atoms with Gasteiger partial charge in [-0.1, -0.05) is 15.9 Å². The largest absolute Gasteiger partial charge is 0.493 e. The lowest BCUT2D eigenvalue weighted by molar-refractivity contribution is -0.139. The van der Waals surface area contributed by atoms with Crippen LogP contribution in [0.5, 0.6) is 5.75 Å². The highest BCUT2D eigenvalue weighted by molar-refractivity contribution is 9.10. The minimum absolute atomic E-state index is 0.186. The average molecular weight is 382 g/mol. The van der Waals surface area contributed by atoms with Gasteiger partial charge >= 0.3 is 5.97 Å². The number of hydrogen-bond donors (Lipinski definition) is 1. The summed E-state index contributed by atoms with van der Waals surface area (Å²) < 4.78 is 7.06. The van der Waals surface area contributed by atoms with E-state index in [4.69, 9.17) is 9.84 Å². The van der Waals surface area contributed by atoms with Gasteiger partial charge in [0, 0.05) is 4.47 Å². The molecule has 1 spiro atoms. The summed E-state index contributed by atoms with van der Waals surface area (Å²) in [4.78, 5) is 12.8. The number of aryl methyl sites for hydroxylation is 1. The summed E-state index contributed by atoms with van der Waals surface area (Å²) in [6, 6.07) is 6.11. The molecule has 0 radical (unpaired) electrons. The van der Waals surface area contributed by atoms with E-state index in [2.05, 4.69) is 33.8 Å². The third kappa shape index (κ3) is 4.07. The summed E-state index contributed by atoms with van der Waals surface area (Å²) in [6.07, 6.45) is 4.72. The Morgan fingerprint density at radius 2 is 2.09 bits per heavy atom. The maximum Gasteiger partial charge on any atom is 0.317 e. The van der Waals surface area contributed by atoms with E-state index in [1.165, 1.54) is 18.4 Å². The first kappa shape index (κ1) is 16.8. The summed E-state index contributed by atoms with van der Waals surface area (Å²) in [5.41, 5.74) is 1.65. The van der Waals surface area contributed by atoms with Crippen molar-refractivity contribution in [3.63, 3.8) is 0 Å². The Hall–Kier alpha value is -1.07. The number of halogens is 1. The number of aliphatic carboxylic acids is 1. The lowest BCUT2D eigenvalue weighted by Gasteiger charge is -2.52. The Morgan fingerprint density at radius 1 is 1.39 bits per heavy atom. The summed E-state index contributed by atoms with van der Waals surface area (Å²) in [6.45, 7) is 4.89. The molecule has 1 aliphatic heterocycles. The second kappa shape index (κ2) is 6.81. The molecule has 1 saturated carbocycles. The molecule has 0 bridgehead atoms. The van der Waals surface area contributed by atoms with Gasteiger partial charge in [0.2, 0.25) is 0 Å². The fraction of sp³-hybridized carbons (Fsp3) is 0.611. The van der Waals surface area contributed by atoms with Gasteiger partial charge in [0.25, 0.3) is 0 Å². The third-order valence-corrected chi connectivity index (χ3v) is 6.22. The topological polar surface area (TPSA) is 49.8 Å². The molecule has 4 nitrogen and oxygen atoms in total. The normalized spacial score (nSPS) is 21.1. The number of benzene rings is 1. The molecule has 2 fully saturated rings. The van der Waals surface area contributed by atoms with Crippen molar-refractivity contribution in [2.75, 3.05) is 26.2 Å². The average Bonchev–Trinajstić information content (AvgIpc) is 2.47. The van der Waals surface area contributed by atoms with Crippen molar-refractivity contribution in [1.82, 2.24) is 4.90 Å². The van der Waals surface area contributed by atoms with Crippen LogP contribution in [0.25, 0.3) is 0 Å². The van der Waals surface area contributed by atoms with Crippen LogP contribution in [0.3, 0.4) is 0 Å². The number of likely N-dealkylation sites (tertiary alicyclic amines) is 1. The van der Waals surface area contributed by atoms with Gasteiger partial charge in [-0.3, -0.25) is 9.69 Å². The Labute approximate surface area is 145 Å². The SMILES string of the molecule is Cc1cc(OCC2CC3(CCN(CC(=O)O)CC3)C2)ccc1Br. The van der Waals surface area contributed by atoms with Crippen molar-refractivity contribution >= 4 is 21.9 Å². The molecule has 1 saturated heterocycles. The second-order valence-electron chi connectivity index (χ2n) is 7.17. The standard InChI is InChI=1S/C18H24BrNO3/c1-13-8-15(2-3-16(13)19)23-12-14-9-18(10-14)4-6-20(7-5-18)11-17(21)22/h2-3,8,14H,4-7,9-12H2,1H3,(H,21,22). The highest BCUT2D eigenvalue weighted by Gasteiger charge is 2.45. The van der Waals surface area contributed by atoms with Crippen molar-refractivity contribution in [2.45, 2.75) is 32.6 Å². The minimum Gasteiger partial charge on any atom is -0.493 e. The molecule has 1 aromatic carbocycles. The van der Waals surface area contributed by atoms with Crippen LogP contribution in [0.4, 0.5) is 0 Å². The first-order chi connectivity index (χ1) is 11.0. The lowest BCUT2D eigenvalue weighted by atomic mass is 9.58. The molecule has 1 aromatic rings. The van der Waals surface area contributed by atoms with Crippen LogP contribution in [0, 0.1) is 18.3 Å². The maximum absolute atomic E-state index is 10.8. The number of rotatable bonds is 5. The zero-order chi connectivity index (χ0) is 16.4. The first-order valence-corrected chi connectivity index (χ1v) is 9.08. The van der Waals surface area contributed by atoms with Crippen molar-refractivity contribution in [3.05, 3.63) is 28.2 Å². The molecular formula is C18H24BrNO3. The molecule has 5 heteroatoms. The third-order valence-electron chi connectivity index (χ3n) is 5.33. The fourth-order valence-corrected chi connectivity index (χ4v) is 4.24. The van der Waals surface area contributed by atoms with Gasteiger partial charge in [0.15, 0.2) is 0 Å². The van der Waals surface area contributed by atoms with E-state index in [0.717, 1.165) is 42.8 Å². The number of nitrogens with zero attached hydrogens (tertiary/aromatic N) is 1. The van der Waals surface area contributed by atoms with Gasteiger partial charge in [-0.2, -0.15) is 0 Å². The molecule has 0 amide bonds. The lowest BCUT2D eigenvalue weighted by Crippen LogP contribution is -2.49. The van der Waals surface area contributed by atoms with E-state index in [1.54, 1.807) is 0 Å². The highest BCUT2D eigenvalue weighted by atomic mass is 79.9. The molecule has 1 aliphatic carbocycles. The molecule has 2 aliphatic rings. The minimum atomic E-state index is -0.717. The molecule has 23 heavy (non-hydrogen) atoms. The zero-order valence-electron chi connectivity index (χ0n) is 13.6. The summed E-state index contributed by atoms with van der Waals surface area (Å²) in [7, 11) is 0. The van der Waals surface area contributed by atoms with Crippen LogP contribution >= 0.6 is 15.9 Å². The number of ether oxygens (including phenoxy) is 1. The molecule has 0 atom stereocenters. The number of piperidine rings is 1. The van der Waals surface area contributed by atoms with Crippen LogP contribution in [0.15, 0.2) is 22.7 Å². The number of carboxylic acid groups (broad SMARTS) is 1. The van der Waals surface area contributed by atoms with Gasteiger partial charge in [0.05, 0.1) is 13.2 Å². The first-order valence-electron chi connectivity index (χ1n) is 8.29. The van der Waals surface area contributed by atoms with E-state index < -0.39 is 5.97 Å². The second-order valence-corrected chi connectivity index (χ2v) is 8.02. The molecular weight excluding hydrogens is 358 g/mol. The quantitative estimate of drug-likeness (QED) is 0.844. The maximum atomic E-state index is 10.8. The molecule has 3 rings (SSSR count). The van der Waals surface area contributed by atoms with E-state index in [0.29, 0.717) is 11.3 Å². The predicted octanol–water partition coefficient (Wildman–Crippen LogP) is 3.71. The molecule has 0 aromatic heterocycles. The molecule has 1 N–H and O–H groups in total. The van der Waals surface area contributed by atoms with Gasteiger partial charge in [0.1, 0.15) is 5.75 Å². The molecule has 0 unspecified atom stereocenters. The van der Waals surface area contributed by atoms with Crippen molar-refractivity contribution in [2.24, 2.45) is 11.3 Å². The van der Waals surface area contributed by atoms with Gasteiger partial charge in [-0.25, -0.2) is 0 Å². The molecule has 126 valence electrons. The van der Waals surface area contributed by atoms with Crippen molar-refractivity contribution in [3.8, 4) is 5.75 Å². The van der Waals surface area contributed by atoms with Crippen molar-refractivity contribution < 1.29 is 14.6 Å². The van der Waals surface area contributed by atoms with Gasteiger partial charge in [-0.05, 0) is 80.8 Å². The van der Waals surface area contributed by atoms with Gasteiger partial charge in [-0.15, -0.1) is 0 Å². The molecule has 1 heterocycles. The van der Waals surface area contributed by atoms with E-state index in [9.17, 15) is 4.79 Å². The summed E-state index contributed by atoms with van der Waals surface area (Å²) in [5, 5.41) is 8.86. The van der Waals surface area contributed by atoms with Crippen LogP contribution < -0.4 is 4.74 Å². The smallest absolute Gasteiger partial charge is 0.317 e. The highest BCUT2D eigenvalue weighted by Crippen LogP contribution is 2.52. The van der Waals surface area contributed by atoms with E-state index >= 15 is 0 Å². The van der Waals surface area contributed by atoms with Crippen LogP contribution in [0.2, 0.25) is 0 Å². The van der Waals surface area contributed by atoms with E-state index in [1.807, 2.05) is 12.1 Å². The summed E-state index contributed by atoms with van der Waals surface area (Å²) >= 11 is 3.51. The zero-order valence-corrected chi connectivity index (χ0v) is 15.1. The monoisotopic (exact) mass is 381 g/mol. The van der Waals surface area contributed by atoms with Crippen LogP contribution in [-0.2, 0) is 4.79 Å². The Kier molecular flexibility index (Phi) is 4.97. The van der Waals surface area contributed by atoms with Crippen molar-refractivity contribution in [1.29, 1.82) is 0 Å². The fourth-order valence-electron chi connectivity index (χ4n) is 3.99. The number of carboxylic acids is 1. The van der Waals surface area contributed by atoms with E-state index in [-0.39, 0.29) is 6.54 Å². The van der Waals surface area contributed by atoms with Gasteiger partial charge < -0.3 is 9.84 Å². The van der Waals surface area contributed by atoms with Crippen LogP contribution in [0.1, 0.15) is 31.2 Å². The predicted molar refractivity (Wildman–Crippen MR) is 92.8 cm³/mol. The number of carbonyl (C=O) groups is 1. The Bertz CT molecular complexity index is 574. The Morgan fingerprint density at radius 3 is 2.70 bits per heavy atom. The summed E-state index contributed by atoms with van der Waals surface area (Å²) in [5.74, 6) is 0.874. The number of hydrogen-bond acceptors (Lipinski definition) is 3. The Balaban J connectivity index is 1.41. The van der Waals surface area contributed by atoms with Crippen LogP contribution in [-0.4, -0.2) is 42.2 Å².